The summed E-state index contributed by atoms with van der Waals surface area (Å²) in [5, 5.41) is 17.5. The lowest BCUT2D eigenvalue weighted by Gasteiger charge is -2.25. The summed E-state index contributed by atoms with van der Waals surface area (Å²) < 4.78 is 0.540. The van der Waals surface area contributed by atoms with Gasteiger partial charge in [-0.3, -0.25) is 0 Å². The number of hydrogen-bond acceptors (Lipinski definition) is 3. The quantitative estimate of drug-likeness (QED) is 0.928. The molecule has 0 aromatic heterocycles. The molecule has 0 fully saturated rings. The summed E-state index contributed by atoms with van der Waals surface area (Å²) in [5.41, 5.74) is 1.11. The molecule has 1 unspecified atom stereocenters. The summed E-state index contributed by atoms with van der Waals surface area (Å²) in [4.78, 5) is 12.8. The second kappa shape index (κ2) is 5.69. The topological polar surface area (TPSA) is 64.3 Å². The summed E-state index contributed by atoms with van der Waals surface area (Å²) in [6, 6.07) is 7.24. The van der Waals surface area contributed by atoms with Crippen molar-refractivity contribution >= 4 is 27.6 Å². The number of carboxylic acid groups (broad SMARTS) is 1. The lowest BCUT2D eigenvalue weighted by atomic mass is 10.1. The fourth-order valence-corrected chi connectivity index (χ4v) is 1.96. The SMILES string of the molecule is CC(CC#N)N(C)c1ccc(C(=O)O)c(Br)c1. The highest BCUT2D eigenvalue weighted by Gasteiger charge is 2.13. The molecule has 0 amide bonds. The van der Waals surface area contributed by atoms with Crippen molar-refractivity contribution in [3.63, 3.8) is 0 Å². The molecule has 1 rings (SSSR count). The summed E-state index contributed by atoms with van der Waals surface area (Å²) in [7, 11) is 1.88. The summed E-state index contributed by atoms with van der Waals surface area (Å²) in [6.07, 6.45) is 0.425. The molecule has 5 heteroatoms. The van der Waals surface area contributed by atoms with E-state index >= 15 is 0 Å². The molecule has 0 radical (unpaired) electrons. The van der Waals surface area contributed by atoms with Gasteiger partial charge in [0.2, 0.25) is 0 Å². The molecule has 0 heterocycles. The van der Waals surface area contributed by atoms with Crippen molar-refractivity contribution in [1.29, 1.82) is 5.26 Å². The van der Waals surface area contributed by atoms with Crippen molar-refractivity contribution < 1.29 is 9.90 Å². The van der Waals surface area contributed by atoms with Crippen LogP contribution in [0.15, 0.2) is 22.7 Å². The van der Waals surface area contributed by atoms with Crippen LogP contribution in [-0.2, 0) is 0 Å². The maximum atomic E-state index is 10.9. The molecule has 0 saturated carbocycles. The molecule has 1 aromatic rings. The van der Waals surface area contributed by atoms with Gasteiger partial charge in [0.25, 0.3) is 0 Å². The number of halogens is 1. The first-order valence-electron chi connectivity index (χ1n) is 5.10. The third kappa shape index (κ3) is 3.21. The highest BCUT2D eigenvalue weighted by atomic mass is 79.9. The van der Waals surface area contributed by atoms with Crippen molar-refractivity contribution in [2.24, 2.45) is 0 Å². The Morgan fingerprint density at radius 2 is 2.29 bits per heavy atom. The van der Waals surface area contributed by atoms with Gasteiger partial charge >= 0.3 is 5.97 Å². The molecule has 17 heavy (non-hydrogen) atoms. The number of rotatable bonds is 4. The number of aromatic carboxylic acids is 1. The minimum absolute atomic E-state index is 0.0857. The van der Waals surface area contributed by atoms with Gasteiger partial charge in [-0.15, -0.1) is 0 Å². The second-order valence-electron chi connectivity index (χ2n) is 3.79. The van der Waals surface area contributed by atoms with Crippen LogP contribution >= 0.6 is 15.9 Å². The van der Waals surface area contributed by atoms with E-state index in [1.165, 1.54) is 0 Å². The molecule has 0 bridgehead atoms. The first-order chi connectivity index (χ1) is 7.97. The van der Waals surface area contributed by atoms with Gasteiger partial charge in [-0.05, 0) is 41.1 Å². The van der Waals surface area contributed by atoms with Gasteiger partial charge in [-0.2, -0.15) is 5.26 Å². The monoisotopic (exact) mass is 296 g/mol. The number of carbonyl (C=O) groups is 1. The lowest BCUT2D eigenvalue weighted by molar-refractivity contribution is 0.0696. The van der Waals surface area contributed by atoms with Gasteiger partial charge < -0.3 is 10.0 Å². The van der Waals surface area contributed by atoms with Crippen LogP contribution in [0.2, 0.25) is 0 Å². The molecule has 0 saturated heterocycles. The van der Waals surface area contributed by atoms with E-state index in [0.717, 1.165) is 5.69 Å². The van der Waals surface area contributed by atoms with E-state index < -0.39 is 5.97 Å². The average molecular weight is 297 g/mol. The number of hydrogen-bond donors (Lipinski definition) is 1. The van der Waals surface area contributed by atoms with Crippen LogP contribution in [-0.4, -0.2) is 24.2 Å². The predicted molar refractivity (Wildman–Crippen MR) is 69.2 cm³/mol. The fraction of sp³-hybridized carbons (Fsp3) is 0.333. The molecule has 4 nitrogen and oxygen atoms in total. The molecule has 1 atom stereocenters. The van der Waals surface area contributed by atoms with E-state index in [1.54, 1.807) is 18.2 Å². The Labute approximate surface area is 109 Å². The molecular weight excluding hydrogens is 284 g/mol. The maximum absolute atomic E-state index is 10.9. The molecule has 90 valence electrons. The lowest BCUT2D eigenvalue weighted by Crippen LogP contribution is -2.28. The van der Waals surface area contributed by atoms with Crippen molar-refractivity contribution in [3.8, 4) is 6.07 Å². The smallest absolute Gasteiger partial charge is 0.336 e. The zero-order valence-electron chi connectivity index (χ0n) is 9.64. The van der Waals surface area contributed by atoms with E-state index in [1.807, 2.05) is 18.9 Å². The molecule has 0 spiro atoms. The van der Waals surface area contributed by atoms with Crippen LogP contribution in [0.3, 0.4) is 0 Å². The molecule has 1 N–H and O–H groups in total. The van der Waals surface area contributed by atoms with Gasteiger partial charge in [-0.25, -0.2) is 4.79 Å². The van der Waals surface area contributed by atoms with Crippen LogP contribution in [0.1, 0.15) is 23.7 Å². The Morgan fingerprint density at radius 1 is 1.65 bits per heavy atom. The van der Waals surface area contributed by atoms with Crippen LogP contribution in [0.4, 0.5) is 5.69 Å². The minimum Gasteiger partial charge on any atom is -0.478 e. The summed E-state index contributed by atoms with van der Waals surface area (Å²) >= 11 is 3.23. The molecule has 0 aliphatic rings. The third-order valence-corrected chi connectivity index (χ3v) is 3.29. The van der Waals surface area contributed by atoms with E-state index in [2.05, 4.69) is 22.0 Å². The van der Waals surface area contributed by atoms with Gasteiger partial charge in [-0.1, -0.05) is 0 Å². The number of nitriles is 1. The number of anilines is 1. The highest BCUT2D eigenvalue weighted by Crippen LogP contribution is 2.25. The Hall–Kier alpha value is -1.54. The minimum atomic E-state index is -0.962. The zero-order chi connectivity index (χ0) is 13.0. The number of nitrogens with zero attached hydrogens (tertiary/aromatic N) is 2. The van der Waals surface area contributed by atoms with Gasteiger partial charge in [0.05, 0.1) is 18.1 Å². The van der Waals surface area contributed by atoms with Crippen molar-refractivity contribution in [3.05, 3.63) is 28.2 Å². The fourth-order valence-electron chi connectivity index (χ4n) is 1.42. The molecule has 1 aromatic carbocycles. The van der Waals surface area contributed by atoms with Gasteiger partial charge in [0.15, 0.2) is 0 Å². The van der Waals surface area contributed by atoms with Crippen LogP contribution in [0, 0.1) is 11.3 Å². The van der Waals surface area contributed by atoms with Gasteiger partial charge in [0, 0.05) is 23.2 Å². The summed E-state index contributed by atoms with van der Waals surface area (Å²) in [5.74, 6) is -0.962. The number of carboxylic acids is 1. The first-order valence-corrected chi connectivity index (χ1v) is 5.89. The van der Waals surface area contributed by atoms with E-state index in [4.69, 9.17) is 10.4 Å². The Balaban J connectivity index is 2.98. The molecule has 0 aliphatic carbocycles. The van der Waals surface area contributed by atoms with Crippen molar-refractivity contribution in [2.75, 3.05) is 11.9 Å². The summed E-state index contributed by atoms with van der Waals surface area (Å²) in [6.45, 7) is 1.95. The number of benzene rings is 1. The Bertz CT molecular complexity index is 468. The first kappa shape index (κ1) is 13.5. The highest BCUT2D eigenvalue weighted by molar-refractivity contribution is 9.10. The molecular formula is C12H13BrN2O2. The van der Waals surface area contributed by atoms with Crippen molar-refractivity contribution in [2.45, 2.75) is 19.4 Å². The second-order valence-corrected chi connectivity index (χ2v) is 4.65. The van der Waals surface area contributed by atoms with Crippen LogP contribution in [0.5, 0.6) is 0 Å². The van der Waals surface area contributed by atoms with E-state index in [9.17, 15) is 4.79 Å². The van der Waals surface area contributed by atoms with Gasteiger partial charge in [0.1, 0.15) is 0 Å². The largest absolute Gasteiger partial charge is 0.478 e. The predicted octanol–water partition coefficient (Wildman–Crippen LogP) is 2.89. The zero-order valence-corrected chi connectivity index (χ0v) is 11.2. The Kier molecular flexibility index (Phi) is 4.53. The standard InChI is InChI=1S/C12H13BrN2O2/c1-8(5-6-14)15(2)9-3-4-10(12(16)17)11(13)7-9/h3-4,7-8H,5H2,1-2H3,(H,16,17). The normalized spacial score (nSPS) is 11.6. The third-order valence-electron chi connectivity index (χ3n) is 2.64. The maximum Gasteiger partial charge on any atom is 0.336 e. The van der Waals surface area contributed by atoms with Crippen LogP contribution < -0.4 is 4.90 Å². The van der Waals surface area contributed by atoms with E-state index in [0.29, 0.717) is 10.9 Å². The van der Waals surface area contributed by atoms with Crippen molar-refractivity contribution in [1.82, 2.24) is 0 Å². The van der Waals surface area contributed by atoms with E-state index in [-0.39, 0.29) is 11.6 Å². The molecule has 0 aliphatic heterocycles. The average Bonchev–Trinajstić information content (AvgIpc) is 2.27. The Morgan fingerprint density at radius 3 is 2.76 bits per heavy atom. The van der Waals surface area contributed by atoms with Crippen LogP contribution in [0.25, 0.3) is 0 Å².